The highest BCUT2D eigenvalue weighted by Gasteiger charge is 2.12. The van der Waals surface area contributed by atoms with Crippen molar-refractivity contribution >= 4 is 61.6 Å². The quantitative estimate of drug-likeness (QED) is 0.655. The van der Waals surface area contributed by atoms with Gasteiger partial charge < -0.3 is 10.1 Å². The Morgan fingerprint density at radius 2 is 1.92 bits per heavy atom. The Labute approximate surface area is 156 Å². The summed E-state index contributed by atoms with van der Waals surface area (Å²) in [6.07, 6.45) is 1.38. The number of carbonyl (C=O) groups excluding carboxylic acids is 1. The van der Waals surface area contributed by atoms with Crippen LogP contribution in [-0.4, -0.2) is 22.5 Å². The smallest absolute Gasteiger partial charge is 0.262 e. The molecule has 0 spiro atoms. The monoisotopic (exact) mass is 425 g/mol. The number of nitrogens with one attached hydrogen (secondary N) is 1. The summed E-state index contributed by atoms with van der Waals surface area (Å²) in [6.45, 7) is -0.236. The first-order chi connectivity index (χ1) is 11.5. The summed E-state index contributed by atoms with van der Waals surface area (Å²) >= 11 is 15.4. The molecule has 0 bridgehead atoms. The Hall–Kier alpha value is -1.89. The van der Waals surface area contributed by atoms with Crippen LogP contribution in [0, 0.1) is 0 Å². The Balaban J connectivity index is 1.74. The fourth-order valence-corrected chi connectivity index (χ4v) is 2.90. The normalized spacial score (nSPS) is 10.6. The molecule has 0 aliphatic heterocycles. The molecule has 122 valence electrons. The van der Waals surface area contributed by atoms with Gasteiger partial charge in [0.2, 0.25) is 5.88 Å². The Morgan fingerprint density at radius 1 is 1.17 bits per heavy atom. The van der Waals surface area contributed by atoms with E-state index < -0.39 is 5.91 Å². The van der Waals surface area contributed by atoms with E-state index in [2.05, 4.69) is 31.2 Å². The number of benzene rings is 2. The number of carbonyl (C=O) groups is 1. The third kappa shape index (κ3) is 3.77. The maximum absolute atomic E-state index is 12.1. The topological polar surface area (TPSA) is 64.1 Å². The van der Waals surface area contributed by atoms with Crippen LogP contribution in [0.1, 0.15) is 0 Å². The van der Waals surface area contributed by atoms with Gasteiger partial charge in [-0.2, -0.15) is 0 Å². The lowest BCUT2D eigenvalue weighted by molar-refractivity contribution is -0.118. The summed E-state index contributed by atoms with van der Waals surface area (Å²) in [5, 5.41) is 4.04. The van der Waals surface area contributed by atoms with E-state index in [0.717, 1.165) is 9.99 Å². The van der Waals surface area contributed by atoms with Crippen molar-refractivity contribution in [2.45, 2.75) is 0 Å². The van der Waals surface area contributed by atoms with Gasteiger partial charge in [0.1, 0.15) is 6.33 Å². The van der Waals surface area contributed by atoms with E-state index in [0.29, 0.717) is 27.0 Å². The molecule has 0 saturated carbocycles. The number of aromatic nitrogens is 2. The van der Waals surface area contributed by atoms with Gasteiger partial charge >= 0.3 is 0 Å². The maximum Gasteiger partial charge on any atom is 0.262 e. The number of ether oxygens (including phenoxy) is 1. The highest BCUT2D eigenvalue weighted by atomic mass is 79.9. The van der Waals surface area contributed by atoms with Gasteiger partial charge in [0.15, 0.2) is 6.61 Å². The second-order valence-electron chi connectivity index (χ2n) is 4.77. The summed E-state index contributed by atoms with van der Waals surface area (Å²) in [5.74, 6) is -0.0755. The number of para-hydroxylation sites is 1. The van der Waals surface area contributed by atoms with Gasteiger partial charge in [0.05, 0.1) is 26.6 Å². The van der Waals surface area contributed by atoms with Crippen molar-refractivity contribution in [3.8, 4) is 5.88 Å². The summed E-state index contributed by atoms with van der Waals surface area (Å²) in [6, 6.07) is 10.5. The van der Waals surface area contributed by atoms with E-state index in [9.17, 15) is 4.79 Å². The number of rotatable bonds is 4. The lowest BCUT2D eigenvalue weighted by Gasteiger charge is -2.10. The van der Waals surface area contributed by atoms with Crippen LogP contribution < -0.4 is 10.1 Å². The third-order valence-electron chi connectivity index (χ3n) is 3.13. The van der Waals surface area contributed by atoms with Crippen molar-refractivity contribution in [2.75, 3.05) is 11.9 Å². The second kappa shape index (κ2) is 7.34. The van der Waals surface area contributed by atoms with Crippen molar-refractivity contribution in [2.24, 2.45) is 0 Å². The van der Waals surface area contributed by atoms with Gasteiger partial charge in [-0.25, -0.2) is 9.97 Å². The lowest BCUT2D eigenvalue weighted by atomic mass is 10.2. The number of fused-ring (bicyclic) bond motifs is 1. The summed E-state index contributed by atoms with van der Waals surface area (Å²) in [7, 11) is 0. The zero-order valence-electron chi connectivity index (χ0n) is 12.1. The molecule has 1 aromatic heterocycles. The zero-order chi connectivity index (χ0) is 17.1. The second-order valence-corrected chi connectivity index (χ2v) is 6.50. The highest BCUT2D eigenvalue weighted by molar-refractivity contribution is 9.10. The van der Waals surface area contributed by atoms with Crippen molar-refractivity contribution in [1.29, 1.82) is 0 Å². The molecule has 0 fully saturated rings. The Kier molecular flexibility index (Phi) is 5.18. The van der Waals surface area contributed by atoms with Crippen LogP contribution in [0.5, 0.6) is 5.88 Å². The predicted molar refractivity (Wildman–Crippen MR) is 97.8 cm³/mol. The van der Waals surface area contributed by atoms with Crippen LogP contribution in [0.25, 0.3) is 10.9 Å². The van der Waals surface area contributed by atoms with Gasteiger partial charge in [0.25, 0.3) is 5.91 Å². The highest BCUT2D eigenvalue weighted by Crippen LogP contribution is 2.30. The number of hydrogen-bond donors (Lipinski definition) is 1. The molecule has 24 heavy (non-hydrogen) atoms. The Bertz CT molecular complexity index is 901. The SMILES string of the molecule is O=C(COc1ncnc2ccc(Br)cc12)Nc1c(Cl)cccc1Cl. The first-order valence-electron chi connectivity index (χ1n) is 6.81. The number of nitrogens with zero attached hydrogens (tertiary/aromatic N) is 2. The van der Waals surface area contributed by atoms with Crippen molar-refractivity contribution < 1.29 is 9.53 Å². The van der Waals surface area contributed by atoms with Crippen molar-refractivity contribution in [3.63, 3.8) is 0 Å². The Morgan fingerprint density at radius 3 is 2.67 bits per heavy atom. The van der Waals surface area contributed by atoms with Gasteiger partial charge in [-0.05, 0) is 30.3 Å². The predicted octanol–water partition coefficient (Wildman–Crippen LogP) is 4.72. The molecule has 2 aromatic carbocycles. The number of halogens is 3. The molecule has 1 heterocycles. The molecule has 0 aliphatic carbocycles. The largest absolute Gasteiger partial charge is 0.467 e. The number of anilines is 1. The fraction of sp³-hybridized carbons (Fsp3) is 0.0625. The molecule has 0 saturated heterocycles. The first kappa shape index (κ1) is 17.0. The van der Waals surface area contributed by atoms with E-state index in [1.807, 2.05) is 18.2 Å². The molecule has 1 amide bonds. The van der Waals surface area contributed by atoms with Crippen LogP contribution in [0.2, 0.25) is 10.0 Å². The molecular formula is C16H10BrCl2N3O2. The molecule has 3 aromatic rings. The van der Waals surface area contributed by atoms with Gasteiger partial charge in [-0.3, -0.25) is 4.79 Å². The van der Waals surface area contributed by atoms with Crippen molar-refractivity contribution in [3.05, 3.63) is 57.2 Å². The van der Waals surface area contributed by atoms with Crippen LogP contribution in [0.15, 0.2) is 47.2 Å². The first-order valence-corrected chi connectivity index (χ1v) is 8.36. The molecular weight excluding hydrogens is 417 g/mol. The summed E-state index contributed by atoms with van der Waals surface area (Å²) < 4.78 is 6.38. The zero-order valence-corrected chi connectivity index (χ0v) is 15.2. The fourth-order valence-electron chi connectivity index (χ4n) is 2.05. The molecule has 3 rings (SSSR count). The minimum absolute atomic E-state index is 0.236. The molecule has 8 heteroatoms. The minimum Gasteiger partial charge on any atom is -0.467 e. The average molecular weight is 427 g/mol. The van der Waals surface area contributed by atoms with Gasteiger partial charge in [0, 0.05) is 4.47 Å². The van der Waals surface area contributed by atoms with Gasteiger partial charge in [-0.1, -0.05) is 45.2 Å². The lowest BCUT2D eigenvalue weighted by Crippen LogP contribution is -2.21. The maximum atomic E-state index is 12.1. The molecule has 0 radical (unpaired) electrons. The van der Waals surface area contributed by atoms with Gasteiger partial charge in [-0.15, -0.1) is 0 Å². The summed E-state index contributed by atoms with van der Waals surface area (Å²) in [5.41, 5.74) is 1.07. The molecule has 0 aliphatic rings. The van der Waals surface area contributed by atoms with E-state index in [1.54, 1.807) is 18.2 Å². The van der Waals surface area contributed by atoms with Crippen LogP contribution >= 0.6 is 39.1 Å². The van der Waals surface area contributed by atoms with E-state index in [-0.39, 0.29) is 6.61 Å². The molecule has 5 nitrogen and oxygen atoms in total. The number of hydrogen-bond acceptors (Lipinski definition) is 4. The number of amides is 1. The van der Waals surface area contributed by atoms with Crippen LogP contribution in [0.3, 0.4) is 0 Å². The molecule has 0 unspecified atom stereocenters. The molecule has 1 N–H and O–H groups in total. The van der Waals surface area contributed by atoms with Crippen molar-refractivity contribution in [1.82, 2.24) is 9.97 Å². The van der Waals surface area contributed by atoms with Crippen LogP contribution in [0.4, 0.5) is 5.69 Å². The van der Waals surface area contributed by atoms with Crippen LogP contribution in [-0.2, 0) is 4.79 Å². The van der Waals surface area contributed by atoms with E-state index >= 15 is 0 Å². The standard InChI is InChI=1S/C16H10BrCl2N3O2/c17-9-4-5-13-10(6-9)16(21-8-20-13)24-7-14(23)22-15-11(18)2-1-3-12(15)19/h1-6,8H,7H2,(H,22,23). The summed E-state index contributed by atoms with van der Waals surface area (Å²) in [4.78, 5) is 20.3. The average Bonchev–Trinajstić information content (AvgIpc) is 2.56. The van der Waals surface area contributed by atoms with E-state index in [1.165, 1.54) is 6.33 Å². The van der Waals surface area contributed by atoms with E-state index in [4.69, 9.17) is 27.9 Å². The minimum atomic E-state index is -0.397. The third-order valence-corrected chi connectivity index (χ3v) is 4.25. The molecule has 0 atom stereocenters.